The number of rotatable bonds is 6. The Kier molecular flexibility index (Phi) is 6.36. The summed E-state index contributed by atoms with van der Waals surface area (Å²) in [6.45, 7) is 2.87. The van der Waals surface area contributed by atoms with E-state index in [9.17, 15) is 18.0 Å². The molecule has 0 radical (unpaired) electrons. The third-order valence-corrected chi connectivity index (χ3v) is 6.68. The zero-order valence-corrected chi connectivity index (χ0v) is 21.2. The minimum atomic E-state index is -4.50. The lowest BCUT2D eigenvalue weighted by Gasteiger charge is -2.36. The third-order valence-electron chi connectivity index (χ3n) is 6.68. The fourth-order valence-corrected chi connectivity index (χ4v) is 4.59. The molecular weight excluding hydrogens is 529 g/mol. The lowest BCUT2D eigenvalue weighted by atomic mass is 10.1. The van der Waals surface area contributed by atoms with Gasteiger partial charge in [0.1, 0.15) is 24.4 Å². The Balaban J connectivity index is 1.17. The summed E-state index contributed by atoms with van der Waals surface area (Å²) in [5.41, 5.74) is 0.342. The van der Waals surface area contributed by atoms with Gasteiger partial charge in [-0.3, -0.25) is 0 Å². The van der Waals surface area contributed by atoms with Crippen LogP contribution in [-0.2, 0) is 12.7 Å². The molecule has 5 aromatic rings. The number of aromatic nitrogens is 6. The molecule has 1 fully saturated rings. The van der Waals surface area contributed by atoms with Gasteiger partial charge in [-0.25, -0.2) is 18.9 Å². The average Bonchev–Trinajstić information content (AvgIpc) is 3.57. The highest BCUT2D eigenvalue weighted by molar-refractivity contribution is 5.56. The largest absolute Gasteiger partial charge is 0.497 e. The van der Waals surface area contributed by atoms with Crippen LogP contribution >= 0.6 is 0 Å². The van der Waals surface area contributed by atoms with Crippen molar-refractivity contribution in [3.05, 3.63) is 82.9 Å². The molecule has 1 aliphatic heterocycles. The van der Waals surface area contributed by atoms with Gasteiger partial charge in [0.05, 0.1) is 12.7 Å². The van der Waals surface area contributed by atoms with Gasteiger partial charge in [-0.2, -0.15) is 18.2 Å². The van der Waals surface area contributed by atoms with Gasteiger partial charge in [0.2, 0.25) is 11.7 Å². The van der Waals surface area contributed by atoms with Gasteiger partial charge < -0.3 is 19.1 Å². The van der Waals surface area contributed by atoms with Crippen molar-refractivity contribution in [2.24, 2.45) is 0 Å². The summed E-state index contributed by atoms with van der Waals surface area (Å²) in [5, 5.41) is 8.14. The molecule has 1 saturated heterocycles. The van der Waals surface area contributed by atoms with E-state index in [2.05, 4.69) is 30.0 Å². The summed E-state index contributed by atoms with van der Waals surface area (Å²) >= 11 is 0. The van der Waals surface area contributed by atoms with Gasteiger partial charge >= 0.3 is 11.9 Å². The molecule has 0 atom stereocenters. The lowest BCUT2D eigenvalue weighted by Crippen LogP contribution is -2.46. The lowest BCUT2D eigenvalue weighted by molar-refractivity contribution is -0.137. The first-order valence-corrected chi connectivity index (χ1v) is 12.4. The van der Waals surface area contributed by atoms with Gasteiger partial charge in [-0.15, -0.1) is 5.10 Å². The van der Waals surface area contributed by atoms with Crippen molar-refractivity contribution in [1.82, 2.24) is 29.3 Å². The van der Waals surface area contributed by atoms with E-state index in [1.54, 1.807) is 13.2 Å². The van der Waals surface area contributed by atoms with Crippen molar-refractivity contribution in [2.75, 3.05) is 43.1 Å². The minimum Gasteiger partial charge on any atom is -0.497 e. The predicted octanol–water partition coefficient (Wildman–Crippen LogP) is 3.34. The van der Waals surface area contributed by atoms with Crippen LogP contribution in [0.4, 0.5) is 24.7 Å². The second-order valence-corrected chi connectivity index (χ2v) is 9.18. The van der Waals surface area contributed by atoms with Crippen LogP contribution < -0.4 is 20.2 Å². The van der Waals surface area contributed by atoms with Crippen molar-refractivity contribution in [3.63, 3.8) is 0 Å². The van der Waals surface area contributed by atoms with E-state index in [0.717, 1.165) is 54.4 Å². The molecule has 1 aliphatic rings. The number of methoxy groups -OCH3 is 1. The Hall–Kier alpha value is -4.88. The molecule has 6 rings (SSSR count). The van der Waals surface area contributed by atoms with Crippen LogP contribution in [0.1, 0.15) is 11.5 Å². The summed E-state index contributed by atoms with van der Waals surface area (Å²) in [4.78, 5) is 25.9. The SMILES string of the molecule is COc1cccc(N2CCN(c3cc4nn(Cc5nc(-c6cccc(C(F)(F)F)c6)no5)c(=O)n4cn3)CC2)c1. The van der Waals surface area contributed by atoms with Crippen molar-refractivity contribution < 1.29 is 22.4 Å². The van der Waals surface area contributed by atoms with Crippen molar-refractivity contribution in [3.8, 4) is 17.1 Å². The molecule has 0 spiro atoms. The number of fused-ring (bicyclic) bond motifs is 1. The number of hydrogen-bond acceptors (Lipinski definition) is 9. The minimum absolute atomic E-state index is 0.0186. The van der Waals surface area contributed by atoms with Crippen LogP contribution in [0.2, 0.25) is 0 Å². The molecule has 0 unspecified atom stereocenters. The second-order valence-electron chi connectivity index (χ2n) is 9.18. The third kappa shape index (κ3) is 4.95. The normalized spacial score (nSPS) is 14.2. The highest BCUT2D eigenvalue weighted by Crippen LogP contribution is 2.31. The van der Waals surface area contributed by atoms with Crippen LogP contribution in [0.25, 0.3) is 17.0 Å². The number of piperazine rings is 1. The molecule has 14 heteroatoms. The van der Waals surface area contributed by atoms with Crippen LogP contribution in [0, 0.1) is 0 Å². The first-order chi connectivity index (χ1) is 19.3. The summed E-state index contributed by atoms with van der Waals surface area (Å²) in [6.07, 6.45) is -3.07. The Morgan fingerprint density at radius 3 is 2.55 bits per heavy atom. The van der Waals surface area contributed by atoms with Gasteiger partial charge in [0.25, 0.3) is 0 Å². The maximum atomic E-state index is 13.1. The van der Waals surface area contributed by atoms with Gasteiger partial charge in [-0.05, 0) is 24.3 Å². The topological polar surface area (TPSA) is 107 Å². The van der Waals surface area contributed by atoms with Crippen LogP contribution in [-0.4, -0.2) is 62.6 Å². The van der Waals surface area contributed by atoms with Crippen molar-refractivity contribution >= 4 is 17.2 Å². The molecule has 0 aliphatic carbocycles. The van der Waals surface area contributed by atoms with E-state index in [4.69, 9.17) is 9.26 Å². The number of anilines is 2. The first-order valence-electron chi connectivity index (χ1n) is 12.4. The molecular formula is C26H23F3N8O3. The molecule has 4 heterocycles. The number of halogens is 3. The van der Waals surface area contributed by atoms with Crippen LogP contribution in [0.5, 0.6) is 5.75 Å². The van der Waals surface area contributed by atoms with Crippen molar-refractivity contribution in [2.45, 2.75) is 12.7 Å². The molecule has 11 nitrogen and oxygen atoms in total. The Bertz CT molecular complexity index is 1720. The molecule has 3 aromatic heterocycles. The van der Waals surface area contributed by atoms with Crippen LogP contribution in [0.15, 0.2) is 70.2 Å². The Morgan fingerprint density at radius 1 is 1.00 bits per heavy atom. The average molecular weight is 553 g/mol. The summed E-state index contributed by atoms with van der Waals surface area (Å²) in [7, 11) is 1.64. The molecule has 0 N–H and O–H groups in total. The Morgan fingerprint density at radius 2 is 1.77 bits per heavy atom. The van der Waals surface area contributed by atoms with E-state index in [-0.39, 0.29) is 23.8 Å². The molecule has 40 heavy (non-hydrogen) atoms. The number of ether oxygens (including phenoxy) is 1. The van der Waals surface area contributed by atoms with Crippen molar-refractivity contribution in [1.29, 1.82) is 0 Å². The van der Waals surface area contributed by atoms with Gasteiger partial charge in [0.15, 0.2) is 5.65 Å². The van der Waals surface area contributed by atoms with Gasteiger partial charge in [0, 0.05) is 49.6 Å². The predicted molar refractivity (Wildman–Crippen MR) is 139 cm³/mol. The maximum Gasteiger partial charge on any atom is 0.416 e. The first kappa shape index (κ1) is 25.4. The quantitative estimate of drug-likeness (QED) is 0.314. The number of nitrogens with zero attached hydrogens (tertiary/aromatic N) is 8. The van der Waals surface area contributed by atoms with E-state index in [1.165, 1.54) is 22.9 Å². The molecule has 0 bridgehead atoms. The maximum absolute atomic E-state index is 13.1. The van der Waals surface area contributed by atoms with Crippen LogP contribution in [0.3, 0.4) is 0 Å². The molecule has 206 valence electrons. The number of alkyl halides is 3. The smallest absolute Gasteiger partial charge is 0.416 e. The summed E-state index contributed by atoms with van der Waals surface area (Å²) in [5.74, 6) is 1.51. The van der Waals surface area contributed by atoms with E-state index in [0.29, 0.717) is 11.5 Å². The molecule has 0 saturated carbocycles. The second kappa shape index (κ2) is 10.0. The monoisotopic (exact) mass is 552 g/mol. The summed E-state index contributed by atoms with van der Waals surface area (Å²) in [6, 6.07) is 14.3. The zero-order valence-electron chi connectivity index (χ0n) is 21.2. The van der Waals surface area contributed by atoms with E-state index in [1.807, 2.05) is 24.3 Å². The fraction of sp³-hybridized carbons (Fsp3) is 0.269. The van der Waals surface area contributed by atoms with Gasteiger partial charge in [-0.1, -0.05) is 23.4 Å². The van der Waals surface area contributed by atoms with E-state index >= 15 is 0 Å². The highest BCUT2D eigenvalue weighted by atomic mass is 19.4. The molecule has 2 aromatic carbocycles. The fourth-order valence-electron chi connectivity index (χ4n) is 4.59. The summed E-state index contributed by atoms with van der Waals surface area (Å²) < 4.78 is 52.1. The number of hydrogen-bond donors (Lipinski definition) is 0. The zero-order chi connectivity index (χ0) is 27.9. The highest BCUT2D eigenvalue weighted by Gasteiger charge is 2.31. The molecule has 0 amide bonds. The standard InChI is InChI=1S/C26H23F3N8O3/c1-39-20-7-3-6-19(13-20)34-8-10-35(11-9-34)21-14-22-32-37(25(38)36(22)16-30-21)15-23-31-24(33-40-23)17-4-2-5-18(12-17)26(27,28)29/h2-7,12-14,16H,8-11,15H2,1H3. The van der Waals surface area contributed by atoms with E-state index < -0.39 is 17.4 Å². The Labute approximate surface area is 225 Å². The number of benzene rings is 2.